The van der Waals surface area contributed by atoms with Gasteiger partial charge < -0.3 is 24.6 Å². The monoisotopic (exact) mass is 441 g/mol. The summed E-state index contributed by atoms with van der Waals surface area (Å²) in [4.78, 5) is 23.5. The second-order valence-corrected chi connectivity index (χ2v) is 9.84. The SMILES string of the molecule is CCCCCCCCC(O)CCCCCC/C=C\C(=O)C(C(=O)[O-])C(O)C[N+](C)(C)C. The maximum absolute atomic E-state index is 12.2. The molecular weight excluding hydrogens is 394 g/mol. The fraction of sp³-hybridized carbons (Fsp3) is 0.840. The number of aliphatic hydroxyl groups excluding tert-OH is 2. The van der Waals surface area contributed by atoms with Gasteiger partial charge in [-0.1, -0.05) is 70.8 Å². The highest BCUT2D eigenvalue weighted by Gasteiger charge is 2.30. The third kappa shape index (κ3) is 17.0. The molecule has 3 atom stereocenters. The fourth-order valence-electron chi connectivity index (χ4n) is 3.73. The number of rotatable bonds is 20. The van der Waals surface area contributed by atoms with Crippen LogP contribution < -0.4 is 5.11 Å². The standard InChI is InChI=1S/C25H47NO5/c1-5-6-7-8-11-14-17-21(27)18-15-12-9-10-13-16-19-22(28)24(25(30)31)23(29)20-26(2,3)4/h16,19,21,23-24,27,29H,5-15,17-18,20H2,1-4H3/b19-16-. The molecule has 0 aromatic heterocycles. The topological polar surface area (TPSA) is 97.7 Å². The van der Waals surface area contributed by atoms with Crippen LogP contribution in [0, 0.1) is 5.92 Å². The summed E-state index contributed by atoms with van der Waals surface area (Å²) in [6.45, 7) is 2.37. The van der Waals surface area contributed by atoms with Gasteiger partial charge >= 0.3 is 0 Å². The van der Waals surface area contributed by atoms with Crippen molar-refractivity contribution in [1.29, 1.82) is 0 Å². The van der Waals surface area contributed by atoms with Gasteiger partial charge in [-0.25, -0.2) is 0 Å². The van der Waals surface area contributed by atoms with E-state index in [2.05, 4.69) is 6.92 Å². The second-order valence-electron chi connectivity index (χ2n) is 9.84. The highest BCUT2D eigenvalue weighted by atomic mass is 16.4. The minimum absolute atomic E-state index is 0.156. The van der Waals surface area contributed by atoms with Crippen LogP contribution in [0.2, 0.25) is 0 Å². The molecule has 31 heavy (non-hydrogen) atoms. The lowest BCUT2D eigenvalue weighted by Crippen LogP contribution is -2.50. The average molecular weight is 442 g/mol. The molecule has 0 bridgehead atoms. The van der Waals surface area contributed by atoms with Gasteiger partial charge in [0.2, 0.25) is 0 Å². The summed E-state index contributed by atoms with van der Waals surface area (Å²) in [6.07, 6.45) is 15.4. The van der Waals surface area contributed by atoms with Crippen LogP contribution in [0.15, 0.2) is 12.2 Å². The van der Waals surface area contributed by atoms with E-state index in [1.807, 2.05) is 21.1 Å². The molecule has 0 aliphatic heterocycles. The Morgan fingerprint density at radius 3 is 1.90 bits per heavy atom. The zero-order valence-corrected chi connectivity index (χ0v) is 20.4. The number of carboxylic acids is 1. The van der Waals surface area contributed by atoms with Gasteiger partial charge in [0.1, 0.15) is 12.6 Å². The summed E-state index contributed by atoms with van der Waals surface area (Å²) >= 11 is 0. The van der Waals surface area contributed by atoms with E-state index in [4.69, 9.17) is 0 Å². The number of unbranched alkanes of at least 4 members (excludes halogenated alkanes) is 9. The number of carbonyl (C=O) groups excluding carboxylic acids is 2. The first kappa shape index (κ1) is 29.8. The number of aliphatic carboxylic acids is 1. The Labute approximate surface area is 189 Å². The molecule has 6 nitrogen and oxygen atoms in total. The molecule has 0 aromatic carbocycles. The van der Waals surface area contributed by atoms with Crippen LogP contribution in [0.1, 0.15) is 90.4 Å². The van der Waals surface area contributed by atoms with Crippen LogP contribution >= 0.6 is 0 Å². The minimum atomic E-state index is -1.53. The molecule has 6 heteroatoms. The van der Waals surface area contributed by atoms with Crippen molar-refractivity contribution in [3.05, 3.63) is 12.2 Å². The Morgan fingerprint density at radius 2 is 1.39 bits per heavy atom. The Balaban J connectivity index is 3.93. The third-order valence-electron chi connectivity index (χ3n) is 5.51. The summed E-state index contributed by atoms with van der Waals surface area (Å²) in [5.74, 6) is -3.67. The van der Waals surface area contributed by atoms with Gasteiger partial charge in [0.15, 0.2) is 5.78 Å². The lowest BCUT2D eigenvalue weighted by molar-refractivity contribution is -0.873. The zero-order valence-electron chi connectivity index (χ0n) is 20.4. The molecule has 0 radical (unpaired) electrons. The van der Waals surface area contributed by atoms with E-state index in [0.717, 1.165) is 44.9 Å². The second kappa shape index (κ2) is 17.3. The van der Waals surface area contributed by atoms with Crippen molar-refractivity contribution in [2.45, 2.75) is 103 Å². The summed E-state index contributed by atoms with van der Waals surface area (Å²) < 4.78 is 0.357. The smallest absolute Gasteiger partial charge is 0.166 e. The molecule has 0 aliphatic carbocycles. The number of ketones is 1. The maximum atomic E-state index is 12.2. The number of likely N-dealkylation sites (N-methyl/N-ethyl adjacent to an activating group) is 1. The van der Waals surface area contributed by atoms with Gasteiger partial charge in [-0.05, 0) is 31.8 Å². The molecule has 182 valence electrons. The molecule has 0 fully saturated rings. The summed E-state index contributed by atoms with van der Waals surface area (Å²) in [5.41, 5.74) is 0. The van der Waals surface area contributed by atoms with E-state index in [9.17, 15) is 24.9 Å². The van der Waals surface area contributed by atoms with Crippen molar-refractivity contribution < 1.29 is 29.4 Å². The molecule has 0 saturated carbocycles. The summed E-state index contributed by atoms with van der Waals surface area (Å²) in [5, 5.41) is 31.5. The van der Waals surface area contributed by atoms with Crippen LogP contribution in [0.3, 0.4) is 0 Å². The number of allylic oxidation sites excluding steroid dienone is 2. The van der Waals surface area contributed by atoms with Crippen LogP contribution in [0.5, 0.6) is 0 Å². The largest absolute Gasteiger partial charge is 0.549 e. The number of hydrogen-bond donors (Lipinski definition) is 2. The number of quaternary nitrogens is 1. The quantitative estimate of drug-likeness (QED) is 0.131. The van der Waals surface area contributed by atoms with Crippen molar-refractivity contribution in [3.8, 4) is 0 Å². The van der Waals surface area contributed by atoms with Crippen molar-refractivity contribution in [2.75, 3.05) is 27.7 Å². The molecule has 0 heterocycles. The molecule has 0 aliphatic rings. The van der Waals surface area contributed by atoms with Crippen molar-refractivity contribution in [2.24, 2.45) is 5.92 Å². The number of nitrogens with zero attached hydrogens (tertiary/aromatic N) is 1. The zero-order chi connectivity index (χ0) is 23.7. The normalized spacial score (nSPS) is 15.2. The van der Waals surface area contributed by atoms with E-state index >= 15 is 0 Å². The molecule has 2 N–H and O–H groups in total. The van der Waals surface area contributed by atoms with Crippen LogP contribution in [-0.4, -0.2) is 66.3 Å². The van der Waals surface area contributed by atoms with Crippen molar-refractivity contribution in [1.82, 2.24) is 0 Å². The van der Waals surface area contributed by atoms with Crippen LogP contribution in [0.25, 0.3) is 0 Å². The van der Waals surface area contributed by atoms with E-state index in [0.29, 0.717) is 10.9 Å². The first-order chi connectivity index (χ1) is 14.6. The molecule has 0 saturated heterocycles. The lowest BCUT2D eigenvalue weighted by Gasteiger charge is -2.30. The van der Waals surface area contributed by atoms with Gasteiger partial charge in [0.25, 0.3) is 0 Å². The van der Waals surface area contributed by atoms with Crippen molar-refractivity contribution >= 4 is 11.8 Å². The molecule has 0 amide bonds. The highest BCUT2D eigenvalue weighted by molar-refractivity contribution is 6.04. The van der Waals surface area contributed by atoms with Crippen molar-refractivity contribution in [3.63, 3.8) is 0 Å². The lowest BCUT2D eigenvalue weighted by atomic mass is 9.96. The minimum Gasteiger partial charge on any atom is -0.549 e. The fourth-order valence-corrected chi connectivity index (χ4v) is 3.73. The van der Waals surface area contributed by atoms with E-state index < -0.39 is 23.8 Å². The number of carbonyl (C=O) groups is 2. The number of aliphatic hydroxyl groups is 2. The molecule has 0 rings (SSSR count). The van der Waals surface area contributed by atoms with Gasteiger partial charge in [0.05, 0.1) is 39.1 Å². The predicted octanol–water partition coefficient (Wildman–Crippen LogP) is 3.00. The average Bonchev–Trinajstić information content (AvgIpc) is 2.64. The molecule has 0 spiro atoms. The van der Waals surface area contributed by atoms with Crippen LogP contribution in [0.4, 0.5) is 0 Å². The maximum Gasteiger partial charge on any atom is 0.166 e. The first-order valence-corrected chi connectivity index (χ1v) is 12.2. The van der Waals surface area contributed by atoms with Gasteiger partial charge in [-0.2, -0.15) is 0 Å². The summed E-state index contributed by atoms with van der Waals surface area (Å²) in [6, 6.07) is 0. The molecular formula is C25H47NO5. The highest BCUT2D eigenvalue weighted by Crippen LogP contribution is 2.14. The Kier molecular flexibility index (Phi) is 16.6. The van der Waals surface area contributed by atoms with E-state index in [1.54, 1.807) is 6.08 Å². The Bertz CT molecular complexity index is 513. The number of carboxylic acid groups (broad SMARTS) is 1. The van der Waals surface area contributed by atoms with E-state index in [1.165, 1.54) is 38.2 Å². The molecule has 0 aromatic rings. The summed E-state index contributed by atoms with van der Waals surface area (Å²) in [7, 11) is 5.47. The van der Waals surface area contributed by atoms with Gasteiger partial charge in [-0.15, -0.1) is 0 Å². The van der Waals surface area contributed by atoms with Gasteiger partial charge in [-0.3, -0.25) is 4.79 Å². The van der Waals surface area contributed by atoms with Gasteiger partial charge in [0, 0.05) is 0 Å². The first-order valence-electron chi connectivity index (χ1n) is 12.2. The third-order valence-corrected chi connectivity index (χ3v) is 5.51. The van der Waals surface area contributed by atoms with E-state index in [-0.39, 0.29) is 12.6 Å². The Morgan fingerprint density at radius 1 is 0.871 bits per heavy atom. The molecule has 3 unspecified atom stereocenters. The van der Waals surface area contributed by atoms with Crippen LogP contribution in [-0.2, 0) is 9.59 Å². The predicted molar refractivity (Wildman–Crippen MR) is 123 cm³/mol. The Hall–Kier alpha value is -1.24. The number of hydrogen-bond acceptors (Lipinski definition) is 5.